The number of nitrogens with two attached hydrogens (primary N) is 1. The Balaban J connectivity index is 1.95. The first-order chi connectivity index (χ1) is 11.7. The molecule has 0 aliphatic carbocycles. The molecule has 0 unspecified atom stereocenters. The van der Waals surface area contributed by atoms with Crippen molar-refractivity contribution in [1.29, 1.82) is 0 Å². The van der Waals surface area contributed by atoms with Crippen LogP contribution < -0.4 is 5.73 Å². The van der Waals surface area contributed by atoms with Gasteiger partial charge in [0.1, 0.15) is 0 Å². The van der Waals surface area contributed by atoms with Gasteiger partial charge in [-0.05, 0) is 29.2 Å². The van der Waals surface area contributed by atoms with Gasteiger partial charge in [-0.25, -0.2) is 0 Å². The summed E-state index contributed by atoms with van der Waals surface area (Å²) in [5, 5.41) is 3.03. The quantitative estimate of drug-likeness (QED) is 0.566. The summed E-state index contributed by atoms with van der Waals surface area (Å²) in [4.78, 5) is 19.4. The van der Waals surface area contributed by atoms with Crippen molar-refractivity contribution in [2.45, 2.75) is 0 Å². The SMILES string of the molecule is NC(=O)/C(=C\c1cccc2cnccc12)c1c[nH]c2ccccc12. The van der Waals surface area contributed by atoms with Gasteiger partial charge in [0.05, 0.1) is 0 Å². The molecule has 2 aromatic carbocycles. The lowest BCUT2D eigenvalue weighted by atomic mass is 9.99. The molecule has 116 valence electrons. The molecule has 2 heterocycles. The van der Waals surface area contributed by atoms with Crippen LogP contribution in [0.15, 0.2) is 67.1 Å². The summed E-state index contributed by atoms with van der Waals surface area (Å²) in [5.41, 5.74) is 8.88. The Labute approximate surface area is 138 Å². The number of aromatic nitrogens is 2. The molecule has 0 saturated heterocycles. The smallest absolute Gasteiger partial charge is 0.249 e. The van der Waals surface area contributed by atoms with Crippen molar-refractivity contribution in [3.63, 3.8) is 0 Å². The highest BCUT2D eigenvalue weighted by Crippen LogP contribution is 2.28. The number of H-pyrrole nitrogens is 1. The van der Waals surface area contributed by atoms with Crippen molar-refractivity contribution in [2.75, 3.05) is 0 Å². The van der Waals surface area contributed by atoms with Crippen LogP contribution in [-0.2, 0) is 4.79 Å². The third-order valence-corrected chi connectivity index (χ3v) is 4.16. The molecule has 0 fully saturated rings. The lowest BCUT2D eigenvalue weighted by Gasteiger charge is -2.06. The molecule has 24 heavy (non-hydrogen) atoms. The fourth-order valence-corrected chi connectivity index (χ4v) is 3.00. The molecule has 1 amide bonds. The van der Waals surface area contributed by atoms with Crippen LogP contribution in [0.2, 0.25) is 0 Å². The third-order valence-electron chi connectivity index (χ3n) is 4.16. The normalized spacial score (nSPS) is 11.9. The molecule has 0 spiro atoms. The van der Waals surface area contributed by atoms with Gasteiger partial charge in [-0.3, -0.25) is 9.78 Å². The largest absolute Gasteiger partial charge is 0.366 e. The zero-order valence-corrected chi connectivity index (χ0v) is 12.9. The number of carbonyl (C=O) groups is 1. The zero-order valence-electron chi connectivity index (χ0n) is 12.9. The Morgan fingerprint density at radius 1 is 1.04 bits per heavy atom. The van der Waals surface area contributed by atoms with E-state index in [1.54, 1.807) is 6.20 Å². The highest BCUT2D eigenvalue weighted by Gasteiger charge is 2.14. The summed E-state index contributed by atoms with van der Waals surface area (Å²) < 4.78 is 0. The number of amides is 1. The van der Waals surface area contributed by atoms with Crippen LogP contribution >= 0.6 is 0 Å². The van der Waals surface area contributed by atoms with Gasteiger partial charge >= 0.3 is 0 Å². The van der Waals surface area contributed by atoms with E-state index < -0.39 is 5.91 Å². The van der Waals surface area contributed by atoms with Gasteiger partial charge in [0, 0.05) is 46.0 Å². The van der Waals surface area contributed by atoms with E-state index in [9.17, 15) is 4.79 Å². The van der Waals surface area contributed by atoms with E-state index in [2.05, 4.69) is 9.97 Å². The van der Waals surface area contributed by atoms with Crippen molar-refractivity contribution in [2.24, 2.45) is 5.73 Å². The lowest BCUT2D eigenvalue weighted by molar-refractivity contribution is -0.112. The van der Waals surface area contributed by atoms with E-state index in [-0.39, 0.29) is 0 Å². The predicted molar refractivity (Wildman–Crippen MR) is 97.1 cm³/mol. The van der Waals surface area contributed by atoms with Gasteiger partial charge < -0.3 is 10.7 Å². The van der Waals surface area contributed by atoms with E-state index >= 15 is 0 Å². The number of para-hydroxylation sites is 1. The minimum Gasteiger partial charge on any atom is -0.366 e. The van der Waals surface area contributed by atoms with Crippen molar-refractivity contribution in [3.8, 4) is 0 Å². The minimum atomic E-state index is -0.453. The number of nitrogens with one attached hydrogen (secondary N) is 1. The molecule has 3 N–H and O–H groups in total. The molecule has 2 aromatic heterocycles. The molecule has 4 heteroatoms. The van der Waals surface area contributed by atoms with Gasteiger partial charge in [0.2, 0.25) is 5.91 Å². The van der Waals surface area contributed by atoms with Crippen LogP contribution in [-0.4, -0.2) is 15.9 Å². The topological polar surface area (TPSA) is 71.8 Å². The fraction of sp³-hybridized carbons (Fsp3) is 0. The number of rotatable bonds is 3. The Hall–Kier alpha value is -3.40. The van der Waals surface area contributed by atoms with Crippen LogP contribution in [0.4, 0.5) is 0 Å². The molecule has 4 nitrogen and oxygen atoms in total. The Kier molecular flexibility index (Phi) is 3.35. The van der Waals surface area contributed by atoms with Crippen molar-refractivity contribution in [1.82, 2.24) is 9.97 Å². The first-order valence-corrected chi connectivity index (χ1v) is 7.65. The highest BCUT2D eigenvalue weighted by molar-refractivity contribution is 6.27. The average molecular weight is 313 g/mol. The predicted octanol–water partition coefficient (Wildman–Crippen LogP) is 3.74. The van der Waals surface area contributed by atoms with Gasteiger partial charge in [0.15, 0.2) is 0 Å². The number of aromatic amines is 1. The van der Waals surface area contributed by atoms with Gasteiger partial charge in [0.25, 0.3) is 0 Å². The molecule has 4 rings (SSSR count). The number of pyridine rings is 1. The molecular formula is C20H15N3O. The first-order valence-electron chi connectivity index (χ1n) is 7.65. The third kappa shape index (κ3) is 2.34. The Morgan fingerprint density at radius 3 is 2.79 bits per heavy atom. The van der Waals surface area contributed by atoms with Crippen LogP contribution in [0.25, 0.3) is 33.3 Å². The Morgan fingerprint density at radius 2 is 1.92 bits per heavy atom. The maximum absolute atomic E-state index is 12.1. The van der Waals surface area contributed by atoms with E-state index in [0.717, 1.165) is 32.8 Å². The molecule has 0 radical (unpaired) electrons. The number of hydrogen-bond donors (Lipinski definition) is 2. The molecular weight excluding hydrogens is 298 g/mol. The molecule has 0 saturated carbocycles. The summed E-state index contributed by atoms with van der Waals surface area (Å²) in [6.07, 6.45) is 7.23. The number of hydrogen-bond acceptors (Lipinski definition) is 2. The second kappa shape index (κ2) is 5.66. The lowest BCUT2D eigenvalue weighted by Crippen LogP contribution is -2.12. The number of nitrogens with zero attached hydrogens (tertiary/aromatic N) is 1. The monoisotopic (exact) mass is 313 g/mol. The molecule has 0 aliphatic rings. The molecule has 0 aliphatic heterocycles. The van der Waals surface area contributed by atoms with E-state index in [1.165, 1.54) is 0 Å². The minimum absolute atomic E-state index is 0.453. The van der Waals surface area contributed by atoms with Gasteiger partial charge in [-0.2, -0.15) is 0 Å². The second-order valence-electron chi connectivity index (χ2n) is 5.61. The summed E-state index contributed by atoms with van der Waals surface area (Å²) in [5.74, 6) is -0.453. The van der Waals surface area contributed by atoms with Crippen molar-refractivity contribution < 1.29 is 4.79 Å². The van der Waals surface area contributed by atoms with E-state index in [1.807, 2.05) is 67.0 Å². The number of fused-ring (bicyclic) bond motifs is 2. The maximum atomic E-state index is 12.1. The summed E-state index contributed by atoms with van der Waals surface area (Å²) >= 11 is 0. The fourth-order valence-electron chi connectivity index (χ4n) is 3.00. The number of carbonyl (C=O) groups excluding carboxylic acids is 1. The van der Waals surface area contributed by atoms with Crippen LogP contribution in [0, 0.1) is 0 Å². The Bertz CT molecular complexity index is 1090. The standard InChI is InChI=1S/C20H15N3O/c21-20(24)17(18-12-23-19-7-2-1-6-16(18)19)10-13-4-3-5-14-11-22-9-8-15(13)14/h1-12,23H,(H2,21,24)/b17-10-. The first kappa shape index (κ1) is 14.2. The summed E-state index contributed by atoms with van der Waals surface area (Å²) in [6, 6.07) is 15.7. The highest BCUT2D eigenvalue weighted by atomic mass is 16.1. The molecule has 0 atom stereocenters. The van der Waals surface area contributed by atoms with Gasteiger partial charge in [-0.15, -0.1) is 0 Å². The summed E-state index contributed by atoms with van der Waals surface area (Å²) in [7, 11) is 0. The van der Waals surface area contributed by atoms with E-state index in [0.29, 0.717) is 5.57 Å². The molecule has 0 bridgehead atoms. The molecule has 4 aromatic rings. The maximum Gasteiger partial charge on any atom is 0.249 e. The van der Waals surface area contributed by atoms with Crippen LogP contribution in [0.3, 0.4) is 0 Å². The van der Waals surface area contributed by atoms with Crippen molar-refractivity contribution in [3.05, 3.63) is 78.2 Å². The van der Waals surface area contributed by atoms with Crippen LogP contribution in [0.5, 0.6) is 0 Å². The summed E-state index contributed by atoms with van der Waals surface area (Å²) in [6.45, 7) is 0. The van der Waals surface area contributed by atoms with E-state index in [4.69, 9.17) is 5.73 Å². The number of benzene rings is 2. The zero-order chi connectivity index (χ0) is 16.5. The average Bonchev–Trinajstić information content (AvgIpc) is 3.03. The van der Waals surface area contributed by atoms with Gasteiger partial charge in [-0.1, -0.05) is 36.4 Å². The van der Waals surface area contributed by atoms with Crippen molar-refractivity contribution >= 4 is 39.2 Å². The second-order valence-corrected chi connectivity index (χ2v) is 5.61. The van der Waals surface area contributed by atoms with Crippen LogP contribution in [0.1, 0.15) is 11.1 Å². The number of primary amides is 1.